The van der Waals surface area contributed by atoms with Crippen LogP contribution in [0.2, 0.25) is 0 Å². The number of likely N-dealkylation sites (N-methyl/N-ethyl adjacent to an activating group) is 1. The van der Waals surface area contributed by atoms with Crippen LogP contribution in [0.1, 0.15) is 26.7 Å². The van der Waals surface area contributed by atoms with Crippen molar-refractivity contribution in [1.29, 1.82) is 0 Å². The highest BCUT2D eigenvalue weighted by molar-refractivity contribution is 4.86. The summed E-state index contributed by atoms with van der Waals surface area (Å²) in [6.07, 6.45) is 2.66. The molecule has 84 valence electrons. The Morgan fingerprint density at radius 2 is 2.14 bits per heavy atom. The van der Waals surface area contributed by atoms with Crippen LogP contribution in [0.5, 0.6) is 0 Å². The molecule has 1 aliphatic rings. The Labute approximate surface area is 87.6 Å². The first-order chi connectivity index (χ1) is 6.69. The predicted molar refractivity (Wildman–Crippen MR) is 59.3 cm³/mol. The molecule has 1 rings (SSSR count). The van der Waals surface area contributed by atoms with Gasteiger partial charge >= 0.3 is 0 Å². The first-order valence-corrected chi connectivity index (χ1v) is 5.67. The average Bonchev–Trinajstić information content (AvgIpc) is 2.97. The lowest BCUT2D eigenvalue weighted by molar-refractivity contribution is 0.0971. The van der Waals surface area contributed by atoms with E-state index in [1.165, 1.54) is 12.8 Å². The summed E-state index contributed by atoms with van der Waals surface area (Å²) in [6, 6.07) is 0.851. The molecular weight excluding hydrogens is 176 g/mol. The van der Waals surface area contributed by atoms with Crippen molar-refractivity contribution in [2.24, 2.45) is 11.7 Å². The summed E-state index contributed by atoms with van der Waals surface area (Å²) in [5.41, 5.74) is 6.11. The predicted octanol–water partition coefficient (Wildman–Crippen LogP) is 1.08. The van der Waals surface area contributed by atoms with Crippen LogP contribution in [0.3, 0.4) is 0 Å². The normalized spacial score (nSPS) is 21.2. The second-order valence-electron chi connectivity index (χ2n) is 4.39. The van der Waals surface area contributed by atoms with Gasteiger partial charge in [0, 0.05) is 25.7 Å². The third-order valence-corrected chi connectivity index (χ3v) is 3.11. The first-order valence-electron chi connectivity index (χ1n) is 5.67. The van der Waals surface area contributed by atoms with Gasteiger partial charge in [-0.1, -0.05) is 6.92 Å². The number of hydrogen-bond donors (Lipinski definition) is 1. The van der Waals surface area contributed by atoms with Gasteiger partial charge in [0.05, 0.1) is 6.61 Å². The number of hydrogen-bond acceptors (Lipinski definition) is 3. The van der Waals surface area contributed by atoms with Gasteiger partial charge in [0.15, 0.2) is 0 Å². The van der Waals surface area contributed by atoms with E-state index in [0.717, 1.165) is 25.6 Å². The molecule has 0 aromatic carbocycles. The summed E-state index contributed by atoms with van der Waals surface area (Å²) < 4.78 is 5.16. The van der Waals surface area contributed by atoms with Crippen molar-refractivity contribution in [1.82, 2.24) is 4.90 Å². The molecule has 1 aliphatic carbocycles. The SMILES string of the molecule is CCN(CC(N)C1CC1)C(C)COC. The largest absolute Gasteiger partial charge is 0.383 e. The molecule has 0 bridgehead atoms. The van der Waals surface area contributed by atoms with Crippen LogP contribution in [0, 0.1) is 5.92 Å². The number of nitrogens with zero attached hydrogens (tertiary/aromatic N) is 1. The van der Waals surface area contributed by atoms with E-state index in [9.17, 15) is 0 Å². The van der Waals surface area contributed by atoms with E-state index in [1.54, 1.807) is 7.11 Å². The van der Waals surface area contributed by atoms with Gasteiger partial charge in [0.1, 0.15) is 0 Å². The number of methoxy groups -OCH3 is 1. The molecule has 2 unspecified atom stereocenters. The number of nitrogens with two attached hydrogens (primary N) is 1. The molecule has 0 aliphatic heterocycles. The Hall–Kier alpha value is -0.120. The highest BCUT2D eigenvalue weighted by atomic mass is 16.5. The van der Waals surface area contributed by atoms with Crippen molar-refractivity contribution < 1.29 is 4.74 Å². The summed E-state index contributed by atoms with van der Waals surface area (Å²) >= 11 is 0. The Morgan fingerprint density at radius 3 is 2.57 bits per heavy atom. The lowest BCUT2D eigenvalue weighted by Gasteiger charge is -2.29. The smallest absolute Gasteiger partial charge is 0.0615 e. The molecule has 2 atom stereocenters. The maximum absolute atomic E-state index is 6.11. The molecule has 1 fully saturated rings. The molecule has 1 saturated carbocycles. The topological polar surface area (TPSA) is 38.5 Å². The fourth-order valence-corrected chi connectivity index (χ4v) is 1.91. The van der Waals surface area contributed by atoms with Gasteiger partial charge in [-0.3, -0.25) is 4.90 Å². The number of rotatable bonds is 7. The van der Waals surface area contributed by atoms with Crippen LogP contribution in [0.15, 0.2) is 0 Å². The van der Waals surface area contributed by atoms with Crippen molar-refractivity contribution in [3.63, 3.8) is 0 Å². The minimum absolute atomic E-state index is 0.370. The molecule has 0 amide bonds. The molecule has 0 heterocycles. The van der Waals surface area contributed by atoms with Crippen LogP contribution in [-0.4, -0.2) is 43.8 Å². The van der Waals surface area contributed by atoms with E-state index in [-0.39, 0.29) is 0 Å². The summed E-state index contributed by atoms with van der Waals surface area (Å²) in [7, 11) is 1.76. The van der Waals surface area contributed by atoms with Crippen molar-refractivity contribution in [3.8, 4) is 0 Å². The van der Waals surface area contributed by atoms with E-state index >= 15 is 0 Å². The van der Waals surface area contributed by atoms with Crippen LogP contribution in [-0.2, 0) is 4.74 Å². The third-order valence-electron chi connectivity index (χ3n) is 3.11. The first kappa shape index (κ1) is 12.0. The van der Waals surface area contributed by atoms with Gasteiger partial charge in [0.25, 0.3) is 0 Å². The van der Waals surface area contributed by atoms with Crippen LogP contribution >= 0.6 is 0 Å². The van der Waals surface area contributed by atoms with Gasteiger partial charge in [-0.15, -0.1) is 0 Å². The molecule has 0 aromatic heterocycles. The van der Waals surface area contributed by atoms with Gasteiger partial charge in [-0.05, 0) is 32.2 Å². The molecule has 3 nitrogen and oxygen atoms in total. The lowest BCUT2D eigenvalue weighted by atomic mass is 10.1. The van der Waals surface area contributed by atoms with Gasteiger partial charge in [-0.25, -0.2) is 0 Å². The van der Waals surface area contributed by atoms with Crippen molar-refractivity contribution in [2.45, 2.75) is 38.8 Å². The quantitative estimate of drug-likeness (QED) is 0.668. The zero-order chi connectivity index (χ0) is 10.6. The second kappa shape index (κ2) is 5.69. The zero-order valence-electron chi connectivity index (χ0n) is 9.70. The van der Waals surface area contributed by atoms with Crippen molar-refractivity contribution in [3.05, 3.63) is 0 Å². The Kier molecular flexibility index (Phi) is 4.85. The minimum Gasteiger partial charge on any atom is -0.383 e. The summed E-state index contributed by atoms with van der Waals surface area (Å²) in [4.78, 5) is 2.41. The Balaban J connectivity index is 2.28. The van der Waals surface area contributed by atoms with Gasteiger partial charge in [0.2, 0.25) is 0 Å². The fraction of sp³-hybridized carbons (Fsp3) is 1.00. The molecule has 0 radical (unpaired) electrons. The molecule has 0 saturated heterocycles. The molecule has 0 spiro atoms. The highest BCUT2D eigenvalue weighted by Crippen LogP contribution is 2.31. The Bertz CT molecular complexity index is 159. The van der Waals surface area contributed by atoms with Gasteiger partial charge in [-0.2, -0.15) is 0 Å². The summed E-state index contributed by atoms with van der Waals surface area (Å²) in [6.45, 7) is 7.26. The van der Waals surface area contributed by atoms with Crippen molar-refractivity contribution in [2.75, 3.05) is 26.8 Å². The van der Waals surface area contributed by atoms with E-state index in [1.807, 2.05) is 0 Å². The monoisotopic (exact) mass is 200 g/mol. The molecule has 14 heavy (non-hydrogen) atoms. The van der Waals surface area contributed by atoms with Crippen molar-refractivity contribution >= 4 is 0 Å². The highest BCUT2D eigenvalue weighted by Gasteiger charge is 2.30. The number of ether oxygens (including phenoxy) is 1. The van der Waals surface area contributed by atoms with Crippen LogP contribution < -0.4 is 5.73 Å². The maximum Gasteiger partial charge on any atom is 0.0615 e. The van der Waals surface area contributed by atoms with E-state index in [2.05, 4.69) is 18.7 Å². The standard InChI is InChI=1S/C11H24N2O/c1-4-13(9(2)8-14-3)7-11(12)10-5-6-10/h9-11H,4-8,12H2,1-3H3. The van der Waals surface area contributed by atoms with Crippen LogP contribution in [0.25, 0.3) is 0 Å². The molecule has 2 N–H and O–H groups in total. The Morgan fingerprint density at radius 1 is 1.50 bits per heavy atom. The van der Waals surface area contributed by atoms with Crippen LogP contribution in [0.4, 0.5) is 0 Å². The van der Waals surface area contributed by atoms with E-state index in [4.69, 9.17) is 10.5 Å². The second-order valence-corrected chi connectivity index (χ2v) is 4.39. The lowest BCUT2D eigenvalue weighted by Crippen LogP contribution is -2.44. The maximum atomic E-state index is 6.11. The fourth-order valence-electron chi connectivity index (χ4n) is 1.91. The average molecular weight is 200 g/mol. The summed E-state index contributed by atoms with van der Waals surface area (Å²) in [5.74, 6) is 0.791. The van der Waals surface area contributed by atoms with Gasteiger partial charge < -0.3 is 10.5 Å². The zero-order valence-corrected chi connectivity index (χ0v) is 9.70. The molecule has 0 aromatic rings. The molecular formula is C11H24N2O. The third kappa shape index (κ3) is 3.56. The molecule has 3 heteroatoms. The van der Waals surface area contributed by atoms with E-state index < -0.39 is 0 Å². The van der Waals surface area contributed by atoms with E-state index in [0.29, 0.717) is 12.1 Å². The summed E-state index contributed by atoms with van der Waals surface area (Å²) in [5, 5.41) is 0. The minimum atomic E-state index is 0.370.